The van der Waals surface area contributed by atoms with Crippen LogP contribution < -0.4 is 5.32 Å². The quantitative estimate of drug-likeness (QED) is 0.879. The minimum Gasteiger partial charge on any atom is -0.477 e. The molecule has 0 atom stereocenters. The fourth-order valence-electron chi connectivity index (χ4n) is 1.63. The normalized spacial score (nSPS) is 11.3. The van der Waals surface area contributed by atoms with E-state index in [2.05, 4.69) is 10.3 Å². The van der Waals surface area contributed by atoms with Crippen LogP contribution in [-0.4, -0.2) is 32.2 Å². The van der Waals surface area contributed by atoms with Gasteiger partial charge in [-0.15, -0.1) is 0 Å². The minimum atomic E-state index is -1.09. The van der Waals surface area contributed by atoms with Gasteiger partial charge in [-0.2, -0.15) is 0 Å². The molecule has 0 aliphatic heterocycles. The van der Waals surface area contributed by atoms with Crippen LogP contribution >= 0.6 is 0 Å². The summed E-state index contributed by atoms with van der Waals surface area (Å²) >= 11 is 0. The maximum absolute atomic E-state index is 11.6. The number of fused-ring (bicyclic) bond motifs is 1. The third-order valence-electron chi connectivity index (χ3n) is 2.37. The number of aromatic carboxylic acids is 1. The first kappa shape index (κ1) is 13.9. The van der Waals surface area contributed by atoms with Crippen LogP contribution in [0.25, 0.3) is 5.65 Å². The summed E-state index contributed by atoms with van der Waals surface area (Å²) in [5.41, 5.74) is 0.326. The Kier molecular flexibility index (Phi) is 3.35. The number of carboxylic acid groups (broad SMARTS) is 1. The molecule has 2 heterocycles. The molecule has 0 fully saturated rings. The molecule has 0 unspecified atom stereocenters. The lowest BCUT2D eigenvalue weighted by molar-refractivity contribution is 0.0634. The van der Waals surface area contributed by atoms with Crippen molar-refractivity contribution in [2.24, 2.45) is 0 Å². The number of amides is 1. The van der Waals surface area contributed by atoms with Crippen molar-refractivity contribution in [2.45, 2.75) is 26.4 Å². The first-order chi connectivity index (χ1) is 9.26. The third kappa shape index (κ3) is 3.05. The number of pyridine rings is 1. The number of carbonyl (C=O) groups is 2. The number of imidazole rings is 1. The van der Waals surface area contributed by atoms with E-state index in [0.717, 1.165) is 0 Å². The van der Waals surface area contributed by atoms with E-state index in [1.54, 1.807) is 32.9 Å². The molecule has 0 saturated carbocycles. The number of ether oxygens (including phenoxy) is 1. The fourth-order valence-corrected chi connectivity index (χ4v) is 1.63. The number of nitrogens with zero attached hydrogens (tertiary/aromatic N) is 2. The van der Waals surface area contributed by atoms with Crippen LogP contribution in [0.4, 0.5) is 10.5 Å². The highest BCUT2D eigenvalue weighted by molar-refractivity contribution is 5.88. The second kappa shape index (κ2) is 4.84. The zero-order chi connectivity index (χ0) is 14.9. The number of carbonyl (C=O) groups excluding carboxylic acids is 1. The maximum Gasteiger partial charge on any atom is 0.412 e. The summed E-state index contributed by atoms with van der Waals surface area (Å²) in [4.78, 5) is 26.6. The molecule has 0 aliphatic carbocycles. The summed E-state index contributed by atoms with van der Waals surface area (Å²) in [7, 11) is 0. The molecular formula is C13H15N3O4. The minimum absolute atomic E-state index is 0.0211. The maximum atomic E-state index is 11.6. The average Bonchev–Trinajstić information content (AvgIpc) is 2.69. The molecule has 0 radical (unpaired) electrons. The van der Waals surface area contributed by atoms with Gasteiger partial charge >= 0.3 is 12.1 Å². The molecule has 7 heteroatoms. The molecule has 1 amide bonds. The molecule has 2 N–H and O–H groups in total. The standard InChI is InChI=1S/C13H15N3O4/c1-13(2,3)20-12(19)15-8-4-5-10-14-6-9(11(17)18)16(10)7-8/h4-7H,1-3H3,(H,15,19)(H,17,18). The summed E-state index contributed by atoms with van der Waals surface area (Å²) in [5, 5.41) is 11.6. The summed E-state index contributed by atoms with van der Waals surface area (Å²) in [5.74, 6) is -1.09. The van der Waals surface area contributed by atoms with Gasteiger partial charge in [0.15, 0.2) is 5.69 Å². The Bertz CT molecular complexity index is 670. The lowest BCUT2D eigenvalue weighted by atomic mass is 10.2. The van der Waals surface area contributed by atoms with Crippen molar-refractivity contribution in [1.29, 1.82) is 0 Å². The van der Waals surface area contributed by atoms with Gasteiger partial charge in [-0.1, -0.05) is 0 Å². The van der Waals surface area contributed by atoms with E-state index in [4.69, 9.17) is 9.84 Å². The Morgan fingerprint density at radius 1 is 1.35 bits per heavy atom. The monoisotopic (exact) mass is 277 g/mol. The van der Waals surface area contributed by atoms with E-state index in [1.807, 2.05) is 0 Å². The molecule has 2 aromatic heterocycles. The third-order valence-corrected chi connectivity index (χ3v) is 2.37. The van der Waals surface area contributed by atoms with Crippen molar-refractivity contribution in [3.63, 3.8) is 0 Å². The molecule has 0 bridgehead atoms. The van der Waals surface area contributed by atoms with Crippen molar-refractivity contribution in [3.8, 4) is 0 Å². The molecule has 2 rings (SSSR count). The highest BCUT2D eigenvalue weighted by Crippen LogP contribution is 2.15. The number of nitrogens with one attached hydrogen (secondary N) is 1. The fraction of sp³-hybridized carbons (Fsp3) is 0.308. The topological polar surface area (TPSA) is 92.9 Å². The first-order valence-corrected chi connectivity index (χ1v) is 5.97. The summed E-state index contributed by atoms with van der Waals surface area (Å²) < 4.78 is 6.51. The Balaban J connectivity index is 2.25. The van der Waals surface area contributed by atoms with Crippen LogP contribution in [0.3, 0.4) is 0 Å². The molecule has 0 aliphatic rings. The lowest BCUT2D eigenvalue weighted by Gasteiger charge is -2.19. The largest absolute Gasteiger partial charge is 0.477 e. The van der Waals surface area contributed by atoms with Crippen LogP contribution in [-0.2, 0) is 4.74 Å². The predicted molar refractivity (Wildman–Crippen MR) is 72.0 cm³/mol. The molecule has 0 aromatic carbocycles. The zero-order valence-electron chi connectivity index (χ0n) is 11.4. The number of aromatic nitrogens is 2. The van der Waals surface area contributed by atoms with E-state index < -0.39 is 17.7 Å². The smallest absolute Gasteiger partial charge is 0.412 e. The van der Waals surface area contributed by atoms with E-state index in [0.29, 0.717) is 11.3 Å². The van der Waals surface area contributed by atoms with E-state index in [1.165, 1.54) is 16.8 Å². The van der Waals surface area contributed by atoms with Gasteiger partial charge in [-0.05, 0) is 32.9 Å². The highest BCUT2D eigenvalue weighted by atomic mass is 16.6. The van der Waals surface area contributed by atoms with Gasteiger partial charge in [0.2, 0.25) is 0 Å². The number of rotatable bonds is 2. The van der Waals surface area contributed by atoms with Gasteiger partial charge in [-0.25, -0.2) is 14.6 Å². The molecule has 106 valence electrons. The van der Waals surface area contributed by atoms with Crippen molar-refractivity contribution < 1.29 is 19.4 Å². The van der Waals surface area contributed by atoms with Crippen molar-refractivity contribution >= 4 is 23.4 Å². The van der Waals surface area contributed by atoms with Crippen LogP contribution in [0.5, 0.6) is 0 Å². The van der Waals surface area contributed by atoms with E-state index in [9.17, 15) is 9.59 Å². The highest BCUT2D eigenvalue weighted by Gasteiger charge is 2.17. The number of anilines is 1. The van der Waals surface area contributed by atoms with Crippen LogP contribution in [0, 0.1) is 0 Å². The van der Waals surface area contributed by atoms with Crippen molar-refractivity contribution in [1.82, 2.24) is 9.38 Å². The van der Waals surface area contributed by atoms with Gasteiger partial charge in [-0.3, -0.25) is 9.72 Å². The Morgan fingerprint density at radius 2 is 2.05 bits per heavy atom. The van der Waals surface area contributed by atoms with Crippen LogP contribution in [0.2, 0.25) is 0 Å². The van der Waals surface area contributed by atoms with Gasteiger partial charge in [0.1, 0.15) is 11.2 Å². The number of hydrogen-bond donors (Lipinski definition) is 2. The van der Waals surface area contributed by atoms with Gasteiger partial charge in [0, 0.05) is 6.20 Å². The molecule has 7 nitrogen and oxygen atoms in total. The molecule has 2 aromatic rings. The molecule has 0 spiro atoms. The van der Waals surface area contributed by atoms with Gasteiger partial charge in [0.05, 0.1) is 11.9 Å². The second-order valence-corrected chi connectivity index (χ2v) is 5.22. The SMILES string of the molecule is CC(C)(C)OC(=O)Nc1ccc2ncc(C(=O)O)n2c1. The van der Waals surface area contributed by atoms with Crippen LogP contribution in [0.15, 0.2) is 24.5 Å². The predicted octanol–water partition coefficient (Wildman–Crippen LogP) is 2.38. The summed E-state index contributed by atoms with van der Waals surface area (Å²) in [6, 6.07) is 3.23. The molecule has 0 saturated heterocycles. The van der Waals surface area contributed by atoms with Crippen molar-refractivity contribution in [2.75, 3.05) is 5.32 Å². The molecule has 20 heavy (non-hydrogen) atoms. The number of hydrogen-bond acceptors (Lipinski definition) is 4. The van der Waals surface area contributed by atoms with E-state index in [-0.39, 0.29) is 5.69 Å². The average molecular weight is 277 g/mol. The number of carboxylic acids is 1. The zero-order valence-corrected chi connectivity index (χ0v) is 11.4. The van der Waals surface area contributed by atoms with Crippen molar-refractivity contribution in [3.05, 3.63) is 30.2 Å². The Hall–Kier alpha value is -2.57. The van der Waals surface area contributed by atoms with Crippen LogP contribution in [0.1, 0.15) is 31.3 Å². The van der Waals surface area contributed by atoms with Gasteiger partial charge in [0.25, 0.3) is 0 Å². The lowest BCUT2D eigenvalue weighted by Crippen LogP contribution is -2.27. The second-order valence-electron chi connectivity index (χ2n) is 5.22. The van der Waals surface area contributed by atoms with Gasteiger partial charge < -0.3 is 9.84 Å². The summed E-state index contributed by atoms with van der Waals surface area (Å²) in [6.07, 6.45) is 2.14. The first-order valence-electron chi connectivity index (χ1n) is 5.97. The molecular weight excluding hydrogens is 262 g/mol. The summed E-state index contributed by atoms with van der Waals surface area (Å²) in [6.45, 7) is 5.27. The Morgan fingerprint density at radius 3 is 2.65 bits per heavy atom. The van der Waals surface area contributed by atoms with E-state index >= 15 is 0 Å². The Labute approximate surface area is 115 Å².